The first-order valence-electron chi connectivity index (χ1n) is 7.63. The van der Waals surface area contributed by atoms with Gasteiger partial charge in [-0.3, -0.25) is 0 Å². The van der Waals surface area contributed by atoms with Crippen LogP contribution in [0.4, 0.5) is 0 Å². The van der Waals surface area contributed by atoms with Crippen LogP contribution in [0.3, 0.4) is 0 Å². The van der Waals surface area contributed by atoms with Gasteiger partial charge >= 0.3 is 0 Å². The molecule has 0 aromatic heterocycles. The van der Waals surface area contributed by atoms with Crippen LogP contribution in [0.25, 0.3) is 11.1 Å². The topological polar surface area (TPSA) is 0 Å². The first-order chi connectivity index (χ1) is 10.4. The van der Waals surface area contributed by atoms with Crippen molar-refractivity contribution in [2.24, 2.45) is 11.8 Å². The van der Waals surface area contributed by atoms with Gasteiger partial charge in [0.1, 0.15) is 0 Å². The van der Waals surface area contributed by atoms with Gasteiger partial charge in [0.25, 0.3) is 0 Å². The Labute approximate surface area is 126 Å². The molecule has 2 aromatic carbocycles. The number of rotatable bonds is 2. The molecule has 2 bridgehead atoms. The Morgan fingerprint density at radius 3 is 1.43 bits per heavy atom. The summed E-state index contributed by atoms with van der Waals surface area (Å²) in [5.74, 6) is 1.06. The predicted octanol–water partition coefficient (Wildman–Crippen LogP) is 5.36. The zero-order valence-electron chi connectivity index (χ0n) is 11.9. The summed E-state index contributed by atoms with van der Waals surface area (Å²) in [4.78, 5) is 0. The maximum absolute atomic E-state index is 2.36. The molecule has 0 N–H and O–H groups in total. The average molecular weight is 270 g/mol. The molecular formula is C21H18. The van der Waals surface area contributed by atoms with Crippen LogP contribution in [-0.4, -0.2) is 0 Å². The van der Waals surface area contributed by atoms with E-state index >= 15 is 0 Å². The van der Waals surface area contributed by atoms with Gasteiger partial charge in [-0.2, -0.15) is 0 Å². The SMILES string of the molecule is C1=CC2C[C@@H](C=C1)C(c1ccccc1)=C2c1ccccc1. The average Bonchev–Trinajstić information content (AvgIpc) is 2.72. The number of fused-ring (bicyclic) bond motifs is 2. The zero-order valence-corrected chi connectivity index (χ0v) is 11.9. The Morgan fingerprint density at radius 1 is 0.571 bits per heavy atom. The molecule has 0 radical (unpaired) electrons. The van der Waals surface area contributed by atoms with Crippen molar-refractivity contribution in [2.75, 3.05) is 0 Å². The Kier molecular flexibility index (Phi) is 3.08. The van der Waals surface area contributed by atoms with E-state index in [0.29, 0.717) is 11.8 Å². The van der Waals surface area contributed by atoms with Gasteiger partial charge in [0.15, 0.2) is 0 Å². The maximum Gasteiger partial charge on any atom is 0.00390 e. The third kappa shape index (κ3) is 2.17. The van der Waals surface area contributed by atoms with E-state index < -0.39 is 0 Å². The van der Waals surface area contributed by atoms with Gasteiger partial charge in [-0.1, -0.05) is 85.0 Å². The van der Waals surface area contributed by atoms with E-state index in [2.05, 4.69) is 85.0 Å². The van der Waals surface area contributed by atoms with Crippen LogP contribution >= 0.6 is 0 Å². The van der Waals surface area contributed by atoms with Gasteiger partial charge < -0.3 is 0 Å². The van der Waals surface area contributed by atoms with Crippen LogP contribution in [0.5, 0.6) is 0 Å². The van der Waals surface area contributed by atoms with Crippen LogP contribution in [-0.2, 0) is 0 Å². The van der Waals surface area contributed by atoms with E-state index in [4.69, 9.17) is 0 Å². The van der Waals surface area contributed by atoms with Gasteiger partial charge in [-0.05, 0) is 28.7 Å². The van der Waals surface area contributed by atoms with Crippen LogP contribution < -0.4 is 0 Å². The highest BCUT2D eigenvalue weighted by Crippen LogP contribution is 2.49. The fraction of sp³-hybridized carbons (Fsp3) is 0.143. The fourth-order valence-corrected chi connectivity index (χ4v) is 3.63. The minimum atomic E-state index is 0.530. The second kappa shape index (κ2) is 5.21. The van der Waals surface area contributed by atoms with E-state index in [1.165, 1.54) is 28.7 Å². The van der Waals surface area contributed by atoms with Crippen molar-refractivity contribution < 1.29 is 0 Å². The lowest BCUT2D eigenvalue weighted by Crippen LogP contribution is -1.95. The highest BCUT2D eigenvalue weighted by atomic mass is 14.4. The molecule has 2 aliphatic rings. The molecule has 0 amide bonds. The lowest BCUT2D eigenvalue weighted by atomic mass is 9.89. The van der Waals surface area contributed by atoms with Crippen LogP contribution in [0.2, 0.25) is 0 Å². The van der Waals surface area contributed by atoms with E-state index in [1.54, 1.807) is 0 Å². The van der Waals surface area contributed by atoms with Crippen molar-refractivity contribution >= 4 is 11.1 Å². The van der Waals surface area contributed by atoms with E-state index in [1.807, 2.05) is 0 Å². The molecule has 0 nitrogen and oxygen atoms in total. The van der Waals surface area contributed by atoms with Crippen molar-refractivity contribution in [3.05, 3.63) is 96.1 Å². The normalized spacial score (nSPS) is 23.4. The first-order valence-corrected chi connectivity index (χ1v) is 7.63. The number of hydrogen-bond donors (Lipinski definition) is 0. The summed E-state index contributed by atoms with van der Waals surface area (Å²) in [5, 5.41) is 0. The Balaban J connectivity index is 1.95. The van der Waals surface area contributed by atoms with Gasteiger partial charge in [0.2, 0.25) is 0 Å². The molecule has 0 fully saturated rings. The lowest BCUT2D eigenvalue weighted by molar-refractivity contribution is 0.697. The molecule has 4 rings (SSSR count). The van der Waals surface area contributed by atoms with Gasteiger partial charge in [0, 0.05) is 11.8 Å². The van der Waals surface area contributed by atoms with Crippen LogP contribution in [0.15, 0.2) is 85.0 Å². The smallest absolute Gasteiger partial charge is 0.00390 e. The summed E-state index contributed by atoms with van der Waals surface area (Å²) in [6.07, 6.45) is 10.3. The van der Waals surface area contributed by atoms with Crippen LogP contribution in [0, 0.1) is 11.8 Å². The van der Waals surface area contributed by atoms with E-state index in [-0.39, 0.29) is 0 Å². The minimum Gasteiger partial charge on any atom is -0.0770 e. The Hall–Kier alpha value is -2.34. The molecule has 21 heavy (non-hydrogen) atoms. The Morgan fingerprint density at radius 2 is 1.00 bits per heavy atom. The summed E-state index contributed by atoms with van der Waals surface area (Å²) in [6.45, 7) is 0. The van der Waals surface area contributed by atoms with Crippen molar-refractivity contribution in [1.82, 2.24) is 0 Å². The summed E-state index contributed by atoms with van der Waals surface area (Å²) in [7, 11) is 0. The lowest BCUT2D eigenvalue weighted by Gasteiger charge is -2.15. The standard InChI is InChI=1S/C21H18/c1-3-9-16(10-4-1)20-18-13-7-8-14-19(15-18)21(20)17-11-5-2-6-12-17/h1-14,18-19H,15H2/t18-,19?/m1/s1. The molecule has 102 valence electrons. The summed E-state index contributed by atoms with van der Waals surface area (Å²) in [6, 6.07) is 21.7. The Bertz CT molecular complexity index is 654. The van der Waals surface area contributed by atoms with Crippen molar-refractivity contribution in [3.63, 3.8) is 0 Å². The highest BCUT2D eigenvalue weighted by molar-refractivity contribution is 5.96. The predicted molar refractivity (Wildman–Crippen MR) is 89.6 cm³/mol. The molecule has 0 heterocycles. The number of benzene rings is 2. The van der Waals surface area contributed by atoms with E-state index in [0.717, 1.165) is 0 Å². The summed E-state index contributed by atoms with van der Waals surface area (Å²) < 4.78 is 0. The molecule has 0 saturated carbocycles. The molecule has 0 heteroatoms. The molecule has 2 aromatic rings. The van der Waals surface area contributed by atoms with Crippen molar-refractivity contribution in [2.45, 2.75) is 6.42 Å². The quantitative estimate of drug-likeness (QED) is 0.689. The maximum atomic E-state index is 2.36. The number of hydrogen-bond acceptors (Lipinski definition) is 0. The molecule has 2 aliphatic carbocycles. The molecule has 0 saturated heterocycles. The molecular weight excluding hydrogens is 252 g/mol. The van der Waals surface area contributed by atoms with Gasteiger partial charge in [0.05, 0.1) is 0 Å². The van der Waals surface area contributed by atoms with Crippen LogP contribution in [0.1, 0.15) is 17.5 Å². The van der Waals surface area contributed by atoms with Gasteiger partial charge in [-0.25, -0.2) is 0 Å². The number of allylic oxidation sites excluding steroid dienone is 6. The third-order valence-corrected chi connectivity index (χ3v) is 4.51. The fourth-order valence-electron chi connectivity index (χ4n) is 3.63. The largest absolute Gasteiger partial charge is 0.0770 e. The molecule has 0 spiro atoms. The van der Waals surface area contributed by atoms with E-state index in [9.17, 15) is 0 Å². The zero-order chi connectivity index (χ0) is 14.1. The van der Waals surface area contributed by atoms with Crippen molar-refractivity contribution in [1.29, 1.82) is 0 Å². The highest BCUT2D eigenvalue weighted by Gasteiger charge is 2.32. The third-order valence-electron chi connectivity index (χ3n) is 4.51. The first kappa shape index (κ1) is 12.4. The second-order valence-electron chi connectivity index (χ2n) is 5.78. The van der Waals surface area contributed by atoms with Gasteiger partial charge in [-0.15, -0.1) is 0 Å². The molecule has 0 aliphatic heterocycles. The molecule has 2 atom stereocenters. The second-order valence-corrected chi connectivity index (χ2v) is 5.78. The molecule has 1 unspecified atom stereocenters. The summed E-state index contributed by atoms with van der Waals surface area (Å²) in [5.41, 5.74) is 5.74. The summed E-state index contributed by atoms with van der Waals surface area (Å²) >= 11 is 0. The monoisotopic (exact) mass is 270 g/mol. The van der Waals surface area contributed by atoms with Crippen molar-refractivity contribution in [3.8, 4) is 0 Å². The minimum absolute atomic E-state index is 0.530.